The van der Waals surface area contributed by atoms with Crippen molar-refractivity contribution in [2.75, 3.05) is 42.1 Å². The number of hydrogen-bond acceptors (Lipinski definition) is 6. The zero-order chi connectivity index (χ0) is 22.1. The number of halogens is 1. The number of hydrogen-bond donors (Lipinski definition) is 1. The molecule has 30 heavy (non-hydrogen) atoms. The van der Waals surface area contributed by atoms with E-state index in [2.05, 4.69) is 21.2 Å². The normalized spacial score (nSPS) is 10.3. The molecule has 2 aromatic rings. The summed E-state index contributed by atoms with van der Waals surface area (Å²) in [7, 11) is 7.89. The van der Waals surface area contributed by atoms with E-state index >= 15 is 0 Å². The Labute approximate surface area is 185 Å². The summed E-state index contributed by atoms with van der Waals surface area (Å²) in [6.45, 7) is 0.516. The zero-order valence-corrected chi connectivity index (χ0v) is 19.6. The third kappa shape index (κ3) is 5.95. The summed E-state index contributed by atoms with van der Waals surface area (Å²) in [6.07, 6.45) is 1.57. The maximum absolute atomic E-state index is 12.3. The van der Waals surface area contributed by atoms with Crippen LogP contribution >= 0.6 is 15.9 Å². The Morgan fingerprint density at radius 3 is 1.90 bits per heavy atom. The molecule has 0 aliphatic rings. The molecule has 0 saturated carbocycles. The van der Waals surface area contributed by atoms with Crippen LogP contribution in [0.4, 0.5) is 0 Å². The summed E-state index contributed by atoms with van der Waals surface area (Å²) in [5.41, 5.74) is 1.96. The van der Waals surface area contributed by atoms with Crippen LogP contribution in [0.1, 0.15) is 17.5 Å². The molecule has 0 saturated heterocycles. The highest BCUT2D eigenvalue weighted by Crippen LogP contribution is 2.38. The number of benzene rings is 2. The molecule has 8 heteroatoms. The van der Waals surface area contributed by atoms with Gasteiger partial charge in [-0.1, -0.05) is 15.9 Å². The van der Waals surface area contributed by atoms with Crippen LogP contribution in [0, 0.1) is 0 Å². The molecular weight excluding hydrogens is 454 g/mol. The quantitative estimate of drug-likeness (QED) is 0.526. The van der Waals surface area contributed by atoms with Gasteiger partial charge in [-0.15, -0.1) is 0 Å². The van der Waals surface area contributed by atoms with Gasteiger partial charge in [0.15, 0.2) is 23.0 Å². The van der Waals surface area contributed by atoms with Crippen LogP contribution in [0.5, 0.6) is 28.7 Å². The van der Waals surface area contributed by atoms with Gasteiger partial charge in [0.2, 0.25) is 11.7 Å². The summed E-state index contributed by atoms with van der Waals surface area (Å²) in [4.78, 5) is 12.3. The molecule has 0 radical (unpaired) electrons. The monoisotopic (exact) mass is 481 g/mol. The van der Waals surface area contributed by atoms with E-state index in [9.17, 15) is 4.79 Å². The summed E-state index contributed by atoms with van der Waals surface area (Å²) >= 11 is 3.54. The topological polar surface area (TPSA) is 75.3 Å². The van der Waals surface area contributed by atoms with Crippen molar-refractivity contribution in [3.63, 3.8) is 0 Å². The second kappa shape index (κ2) is 11.5. The van der Waals surface area contributed by atoms with Crippen molar-refractivity contribution in [2.45, 2.75) is 19.3 Å². The Hall–Kier alpha value is -2.61. The van der Waals surface area contributed by atoms with Crippen LogP contribution in [-0.2, 0) is 17.6 Å². The fraction of sp³-hybridized carbons (Fsp3) is 0.409. The minimum Gasteiger partial charge on any atom is -0.493 e. The van der Waals surface area contributed by atoms with Crippen molar-refractivity contribution >= 4 is 21.8 Å². The number of methoxy groups -OCH3 is 5. The van der Waals surface area contributed by atoms with Crippen molar-refractivity contribution in [2.24, 2.45) is 0 Å². The van der Waals surface area contributed by atoms with Gasteiger partial charge in [-0.2, -0.15) is 0 Å². The number of rotatable bonds is 11. The second-order valence-corrected chi connectivity index (χ2v) is 7.29. The van der Waals surface area contributed by atoms with Gasteiger partial charge in [-0.3, -0.25) is 4.79 Å². The number of nitrogens with one attached hydrogen (secondary N) is 1. The standard InChI is InChI=1S/C22H28BrNO6/c1-26-17-12-15(16(23)13-18(17)27-2)8-9-24-21(25)7-6-14-10-19(28-3)22(30-5)20(11-14)29-4/h10-13H,6-9H2,1-5H3,(H,24,25). The van der Waals surface area contributed by atoms with Gasteiger partial charge in [0.25, 0.3) is 0 Å². The molecule has 7 nitrogen and oxygen atoms in total. The molecule has 1 amide bonds. The smallest absolute Gasteiger partial charge is 0.220 e. The maximum atomic E-state index is 12.3. The molecule has 0 aliphatic heterocycles. The minimum atomic E-state index is -0.0275. The Morgan fingerprint density at radius 1 is 0.800 bits per heavy atom. The summed E-state index contributed by atoms with van der Waals surface area (Å²) in [6, 6.07) is 7.48. The van der Waals surface area contributed by atoms with Crippen molar-refractivity contribution in [3.05, 3.63) is 39.9 Å². The SMILES string of the molecule is COc1cc(Br)c(CCNC(=O)CCc2cc(OC)c(OC)c(OC)c2)cc1OC. The Bertz CT molecular complexity index is 846. The first kappa shape index (κ1) is 23.7. The van der Waals surface area contributed by atoms with E-state index in [-0.39, 0.29) is 5.91 Å². The van der Waals surface area contributed by atoms with E-state index < -0.39 is 0 Å². The first-order valence-corrected chi connectivity index (χ1v) is 10.2. The fourth-order valence-electron chi connectivity index (χ4n) is 3.05. The molecule has 0 heterocycles. The third-order valence-corrected chi connectivity index (χ3v) is 5.37. The molecule has 1 N–H and O–H groups in total. The lowest BCUT2D eigenvalue weighted by Gasteiger charge is -2.14. The molecule has 2 rings (SSSR count). The first-order chi connectivity index (χ1) is 14.5. The molecule has 0 spiro atoms. The summed E-state index contributed by atoms with van der Waals surface area (Å²) in [5.74, 6) is 2.97. The second-order valence-electron chi connectivity index (χ2n) is 6.43. The molecule has 0 atom stereocenters. The number of aryl methyl sites for hydroxylation is 1. The predicted octanol–water partition coefficient (Wildman–Crippen LogP) is 3.78. The van der Waals surface area contributed by atoms with Crippen molar-refractivity contribution in [1.29, 1.82) is 0 Å². The molecular formula is C22H28BrNO6. The average Bonchev–Trinajstić information content (AvgIpc) is 2.77. The van der Waals surface area contributed by atoms with Crippen LogP contribution in [0.25, 0.3) is 0 Å². The van der Waals surface area contributed by atoms with Gasteiger partial charge in [0, 0.05) is 17.4 Å². The predicted molar refractivity (Wildman–Crippen MR) is 118 cm³/mol. The number of amides is 1. The molecule has 2 aromatic carbocycles. The maximum Gasteiger partial charge on any atom is 0.220 e. The van der Waals surface area contributed by atoms with E-state index in [0.717, 1.165) is 15.6 Å². The lowest BCUT2D eigenvalue weighted by atomic mass is 10.1. The zero-order valence-electron chi connectivity index (χ0n) is 18.0. The van der Waals surface area contributed by atoms with Gasteiger partial charge in [-0.05, 0) is 48.2 Å². The van der Waals surface area contributed by atoms with Crippen molar-refractivity contribution in [1.82, 2.24) is 5.32 Å². The van der Waals surface area contributed by atoms with Gasteiger partial charge < -0.3 is 29.0 Å². The van der Waals surface area contributed by atoms with Crippen LogP contribution < -0.4 is 29.0 Å². The molecule has 0 bridgehead atoms. The third-order valence-electron chi connectivity index (χ3n) is 4.63. The van der Waals surface area contributed by atoms with E-state index in [1.807, 2.05) is 24.3 Å². The van der Waals surface area contributed by atoms with E-state index in [0.29, 0.717) is 54.6 Å². The lowest BCUT2D eigenvalue weighted by molar-refractivity contribution is -0.121. The highest BCUT2D eigenvalue weighted by atomic mass is 79.9. The Kier molecular flexibility index (Phi) is 9.11. The van der Waals surface area contributed by atoms with Gasteiger partial charge in [0.1, 0.15) is 0 Å². The van der Waals surface area contributed by atoms with Crippen molar-refractivity contribution < 1.29 is 28.5 Å². The Morgan fingerprint density at radius 2 is 1.37 bits per heavy atom. The van der Waals surface area contributed by atoms with Crippen LogP contribution in [0.3, 0.4) is 0 Å². The number of carbonyl (C=O) groups excluding carboxylic acids is 1. The highest BCUT2D eigenvalue weighted by Gasteiger charge is 2.14. The van der Waals surface area contributed by atoms with E-state index in [1.165, 1.54) is 0 Å². The van der Waals surface area contributed by atoms with Crippen LogP contribution in [-0.4, -0.2) is 48.0 Å². The minimum absolute atomic E-state index is 0.0275. The van der Waals surface area contributed by atoms with Crippen LogP contribution in [0.2, 0.25) is 0 Å². The molecule has 0 fully saturated rings. The molecule has 0 unspecified atom stereocenters. The molecule has 0 aliphatic carbocycles. The molecule has 164 valence electrons. The van der Waals surface area contributed by atoms with E-state index in [1.54, 1.807) is 35.5 Å². The fourth-order valence-corrected chi connectivity index (χ4v) is 3.57. The summed E-state index contributed by atoms with van der Waals surface area (Å²) in [5, 5.41) is 2.96. The summed E-state index contributed by atoms with van der Waals surface area (Å²) < 4.78 is 27.6. The first-order valence-electron chi connectivity index (χ1n) is 9.43. The highest BCUT2D eigenvalue weighted by molar-refractivity contribution is 9.10. The lowest BCUT2D eigenvalue weighted by Crippen LogP contribution is -2.26. The van der Waals surface area contributed by atoms with Gasteiger partial charge >= 0.3 is 0 Å². The van der Waals surface area contributed by atoms with Crippen LogP contribution in [0.15, 0.2) is 28.7 Å². The van der Waals surface area contributed by atoms with Gasteiger partial charge in [-0.25, -0.2) is 0 Å². The van der Waals surface area contributed by atoms with Crippen molar-refractivity contribution in [3.8, 4) is 28.7 Å². The molecule has 0 aromatic heterocycles. The van der Waals surface area contributed by atoms with Gasteiger partial charge in [0.05, 0.1) is 35.5 Å². The van der Waals surface area contributed by atoms with E-state index in [4.69, 9.17) is 23.7 Å². The Balaban J connectivity index is 1.92. The average molecular weight is 482 g/mol. The number of carbonyl (C=O) groups is 1. The number of ether oxygens (including phenoxy) is 5. The largest absolute Gasteiger partial charge is 0.493 e.